The van der Waals surface area contributed by atoms with Gasteiger partial charge in [-0.05, 0) is 36.8 Å². The van der Waals surface area contributed by atoms with Crippen LogP contribution in [0.5, 0.6) is 0 Å². The molecule has 1 saturated heterocycles. The highest BCUT2D eigenvalue weighted by molar-refractivity contribution is 6.08. The van der Waals surface area contributed by atoms with Crippen molar-refractivity contribution in [2.75, 3.05) is 36.4 Å². The van der Waals surface area contributed by atoms with Gasteiger partial charge in [-0.3, -0.25) is 9.69 Å². The molecule has 1 amide bonds. The van der Waals surface area contributed by atoms with Gasteiger partial charge < -0.3 is 14.7 Å². The van der Waals surface area contributed by atoms with Crippen molar-refractivity contribution in [3.05, 3.63) is 102 Å². The van der Waals surface area contributed by atoms with Gasteiger partial charge in [0, 0.05) is 49.7 Å². The fourth-order valence-corrected chi connectivity index (χ4v) is 4.39. The van der Waals surface area contributed by atoms with Crippen molar-refractivity contribution in [2.24, 2.45) is 0 Å². The molecule has 0 radical (unpaired) electrons. The van der Waals surface area contributed by atoms with Crippen molar-refractivity contribution in [2.45, 2.75) is 13.5 Å². The summed E-state index contributed by atoms with van der Waals surface area (Å²) >= 11 is 0. The van der Waals surface area contributed by atoms with Gasteiger partial charge in [-0.1, -0.05) is 65.8 Å². The van der Waals surface area contributed by atoms with E-state index in [-0.39, 0.29) is 5.91 Å². The molecular formula is C28H28N4O2. The normalized spacial score (nSPS) is 14.2. The maximum absolute atomic E-state index is 13.0. The molecule has 34 heavy (non-hydrogen) atoms. The van der Waals surface area contributed by atoms with E-state index in [0.717, 1.165) is 44.0 Å². The first-order chi connectivity index (χ1) is 16.7. The number of anilines is 2. The maximum atomic E-state index is 13.0. The lowest BCUT2D eigenvalue weighted by Gasteiger charge is -2.36. The van der Waals surface area contributed by atoms with Crippen molar-refractivity contribution >= 4 is 17.3 Å². The summed E-state index contributed by atoms with van der Waals surface area (Å²) in [5, 5.41) is 7.10. The molecule has 1 aromatic heterocycles. The third-order valence-electron chi connectivity index (χ3n) is 6.25. The Morgan fingerprint density at radius 1 is 0.882 bits per heavy atom. The molecule has 4 aromatic rings. The zero-order chi connectivity index (χ0) is 23.3. The van der Waals surface area contributed by atoms with Crippen molar-refractivity contribution in [3.8, 4) is 11.3 Å². The number of carbonyl (C=O) groups excluding carboxylic acids is 1. The van der Waals surface area contributed by atoms with Gasteiger partial charge in [0.05, 0.1) is 0 Å². The third kappa shape index (κ3) is 4.87. The second-order valence-corrected chi connectivity index (χ2v) is 8.58. The lowest BCUT2D eigenvalue weighted by Crippen LogP contribution is -2.45. The summed E-state index contributed by atoms with van der Waals surface area (Å²) in [5.41, 5.74) is 5.14. The Morgan fingerprint density at radius 2 is 1.53 bits per heavy atom. The highest BCUT2D eigenvalue weighted by atomic mass is 16.5. The number of rotatable bonds is 6. The second-order valence-electron chi connectivity index (χ2n) is 8.58. The van der Waals surface area contributed by atoms with E-state index in [2.05, 4.69) is 62.7 Å². The molecule has 0 saturated carbocycles. The number of benzene rings is 3. The van der Waals surface area contributed by atoms with Gasteiger partial charge in [0.1, 0.15) is 17.0 Å². The SMILES string of the molecule is Cc1onc(-c2ccccc2)c1C(=O)Nc1ccc(N2CCN(Cc3ccccc3)CC2)cc1. The lowest BCUT2D eigenvalue weighted by atomic mass is 10.1. The average molecular weight is 453 g/mol. The monoisotopic (exact) mass is 452 g/mol. The van der Waals surface area contributed by atoms with Gasteiger partial charge in [-0.15, -0.1) is 0 Å². The number of hydrogen-bond acceptors (Lipinski definition) is 5. The van der Waals surface area contributed by atoms with Gasteiger partial charge >= 0.3 is 0 Å². The molecule has 0 atom stereocenters. The topological polar surface area (TPSA) is 61.6 Å². The zero-order valence-electron chi connectivity index (χ0n) is 19.3. The first-order valence-corrected chi connectivity index (χ1v) is 11.6. The van der Waals surface area contributed by atoms with Crippen molar-refractivity contribution in [1.82, 2.24) is 10.1 Å². The van der Waals surface area contributed by atoms with E-state index in [4.69, 9.17) is 4.52 Å². The van der Waals surface area contributed by atoms with E-state index in [9.17, 15) is 4.79 Å². The summed E-state index contributed by atoms with van der Waals surface area (Å²) in [6.45, 7) is 6.78. The van der Waals surface area contributed by atoms with Crippen molar-refractivity contribution in [3.63, 3.8) is 0 Å². The third-order valence-corrected chi connectivity index (χ3v) is 6.25. The first kappa shape index (κ1) is 21.9. The maximum Gasteiger partial charge on any atom is 0.261 e. The number of nitrogens with zero attached hydrogens (tertiary/aromatic N) is 3. The quantitative estimate of drug-likeness (QED) is 0.434. The first-order valence-electron chi connectivity index (χ1n) is 11.6. The molecule has 0 spiro atoms. The minimum atomic E-state index is -0.222. The van der Waals surface area contributed by atoms with E-state index in [1.54, 1.807) is 6.92 Å². The van der Waals surface area contributed by atoms with Crippen LogP contribution in [0.1, 0.15) is 21.7 Å². The Balaban J connectivity index is 1.20. The van der Waals surface area contributed by atoms with Gasteiger partial charge in [0.2, 0.25) is 0 Å². The predicted octanol–water partition coefficient (Wildman–Crippen LogP) is 5.22. The number of amides is 1. The summed E-state index contributed by atoms with van der Waals surface area (Å²) in [7, 11) is 0. The van der Waals surface area contributed by atoms with E-state index in [1.165, 1.54) is 11.3 Å². The molecule has 3 aromatic carbocycles. The Bertz CT molecular complexity index is 1230. The van der Waals surface area contributed by atoms with E-state index in [1.807, 2.05) is 42.5 Å². The molecule has 2 heterocycles. The average Bonchev–Trinajstić information content (AvgIpc) is 3.28. The molecule has 1 N–H and O–H groups in total. The van der Waals surface area contributed by atoms with Crippen LogP contribution < -0.4 is 10.2 Å². The van der Waals surface area contributed by atoms with Gasteiger partial charge in [-0.2, -0.15) is 0 Å². The number of aromatic nitrogens is 1. The highest BCUT2D eigenvalue weighted by Crippen LogP contribution is 2.27. The highest BCUT2D eigenvalue weighted by Gasteiger charge is 2.22. The number of hydrogen-bond donors (Lipinski definition) is 1. The summed E-state index contributed by atoms with van der Waals surface area (Å²) in [4.78, 5) is 17.9. The van der Waals surface area contributed by atoms with Gasteiger partial charge in [0.15, 0.2) is 0 Å². The van der Waals surface area contributed by atoms with Crippen LogP contribution in [0.2, 0.25) is 0 Å². The molecule has 0 unspecified atom stereocenters. The predicted molar refractivity (Wildman–Crippen MR) is 135 cm³/mol. The summed E-state index contributed by atoms with van der Waals surface area (Å²) in [5.74, 6) is 0.279. The Hall–Kier alpha value is -3.90. The fourth-order valence-electron chi connectivity index (χ4n) is 4.39. The van der Waals surface area contributed by atoms with Crippen LogP contribution in [-0.4, -0.2) is 42.1 Å². The summed E-state index contributed by atoms with van der Waals surface area (Å²) in [6, 6.07) is 28.3. The molecule has 5 rings (SSSR count). The molecule has 0 bridgehead atoms. The Kier molecular flexibility index (Phi) is 6.40. The standard InChI is InChI=1S/C28H28N4O2/c1-21-26(27(30-34-21)23-10-6-3-7-11-23)28(33)29-24-12-14-25(15-13-24)32-18-16-31(17-19-32)20-22-8-4-2-5-9-22/h2-15H,16-20H2,1H3,(H,29,33). The zero-order valence-corrected chi connectivity index (χ0v) is 19.3. The van der Waals surface area contributed by atoms with Crippen LogP contribution in [-0.2, 0) is 6.54 Å². The van der Waals surface area contributed by atoms with E-state index < -0.39 is 0 Å². The molecule has 1 fully saturated rings. The molecule has 6 heteroatoms. The number of aryl methyl sites for hydroxylation is 1. The van der Waals surface area contributed by atoms with Gasteiger partial charge in [-0.25, -0.2) is 0 Å². The molecule has 172 valence electrons. The smallest absolute Gasteiger partial charge is 0.261 e. The molecule has 1 aliphatic heterocycles. The van der Waals surface area contributed by atoms with Crippen molar-refractivity contribution < 1.29 is 9.32 Å². The van der Waals surface area contributed by atoms with Crippen molar-refractivity contribution in [1.29, 1.82) is 0 Å². The minimum absolute atomic E-state index is 0.222. The molecule has 6 nitrogen and oxygen atoms in total. The number of nitrogens with one attached hydrogen (secondary N) is 1. The largest absolute Gasteiger partial charge is 0.369 e. The Labute approximate surface area is 199 Å². The lowest BCUT2D eigenvalue weighted by molar-refractivity contribution is 0.102. The second kappa shape index (κ2) is 9.93. The minimum Gasteiger partial charge on any atom is -0.369 e. The Morgan fingerprint density at radius 3 is 2.21 bits per heavy atom. The van der Waals surface area contributed by atoms with Crippen LogP contribution in [0, 0.1) is 6.92 Å². The van der Waals surface area contributed by atoms with Crippen LogP contribution in [0.3, 0.4) is 0 Å². The van der Waals surface area contributed by atoms with Crippen LogP contribution in [0.25, 0.3) is 11.3 Å². The molecule has 0 aliphatic carbocycles. The van der Waals surface area contributed by atoms with Crippen LogP contribution >= 0.6 is 0 Å². The van der Waals surface area contributed by atoms with Crippen LogP contribution in [0.4, 0.5) is 11.4 Å². The number of piperazine rings is 1. The summed E-state index contributed by atoms with van der Waals surface area (Å²) < 4.78 is 5.33. The van der Waals surface area contributed by atoms with Crippen LogP contribution in [0.15, 0.2) is 89.5 Å². The van der Waals surface area contributed by atoms with E-state index >= 15 is 0 Å². The fraction of sp³-hybridized carbons (Fsp3) is 0.214. The van der Waals surface area contributed by atoms with Gasteiger partial charge in [0.25, 0.3) is 5.91 Å². The molecular weight excluding hydrogens is 424 g/mol. The number of carbonyl (C=O) groups is 1. The summed E-state index contributed by atoms with van der Waals surface area (Å²) in [6.07, 6.45) is 0. The van der Waals surface area contributed by atoms with E-state index in [0.29, 0.717) is 17.0 Å². The molecule has 1 aliphatic rings.